The molecular formula is C24H24N2O5. The van der Waals surface area contributed by atoms with Crippen LogP contribution >= 0.6 is 0 Å². The summed E-state index contributed by atoms with van der Waals surface area (Å²) in [4.78, 5) is 12.4. The average Bonchev–Trinajstić information content (AvgIpc) is 2.82. The van der Waals surface area contributed by atoms with Crippen molar-refractivity contribution in [2.45, 2.75) is 6.61 Å². The Morgan fingerprint density at radius 3 is 2.23 bits per heavy atom. The lowest BCUT2D eigenvalue weighted by atomic mass is 10.2. The zero-order valence-electron chi connectivity index (χ0n) is 17.6. The summed E-state index contributed by atoms with van der Waals surface area (Å²) in [6.07, 6.45) is 1.54. The van der Waals surface area contributed by atoms with Gasteiger partial charge in [0.1, 0.15) is 6.61 Å². The van der Waals surface area contributed by atoms with Gasteiger partial charge in [0, 0.05) is 5.56 Å². The van der Waals surface area contributed by atoms with E-state index in [1.165, 1.54) is 20.4 Å². The lowest BCUT2D eigenvalue weighted by Crippen LogP contribution is -2.17. The minimum atomic E-state index is -0.369. The number of benzene rings is 3. The lowest BCUT2D eigenvalue weighted by Gasteiger charge is -2.11. The summed E-state index contributed by atoms with van der Waals surface area (Å²) < 4.78 is 21.7. The Morgan fingerprint density at radius 2 is 1.52 bits per heavy atom. The number of carbonyl (C=O) groups excluding carboxylic acids is 1. The number of ether oxygens (including phenoxy) is 4. The molecule has 0 unspecified atom stereocenters. The molecule has 1 N–H and O–H groups in total. The normalized spacial score (nSPS) is 10.5. The molecule has 0 atom stereocenters. The first-order chi connectivity index (χ1) is 15.1. The van der Waals surface area contributed by atoms with Crippen LogP contribution in [0.1, 0.15) is 21.5 Å². The van der Waals surface area contributed by atoms with Crippen LogP contribution in [0.4, 0.5) is 0 Å². The largest absolute Gasteiger partial charge is 0.493 e. The molecule has 0 aliphatic carbocycles. The van der Waals surface area contributed by atoms with Gasteiger partial charge in [-0.25, -0.2) is 5.43 Å². The van der Waals surface area contributed by atoms with Crippen LogP contribution in [-0.4, -0.2) is 33.5 Å². The number of carbonyl (C=O) groups is 1. The minimum absolute atomic E-state index is 0.369. The number of methoxy groups -OCH3 is 3. The second-order valence-electron chi connectivity index (χ2n) is 6.45. The summed E-state index contributed by atoms with van der Waals surface area (Å²) in [5.41, 5.74) is 4.70. The maximum Gasteiger partial charge on any atom is 0.271 e. The van der Waals surface area contributed by atoms with Gasteiger partial charge in [-0.2, -0.15) is 5.10 Å². The van der Waals surface area contributed by atoms with Crippen molar-refractivity contribution in [2.24, 2.45) is 5.10 Å². The Hall–Kier alpha value is -4.00. The molecule has 0 aliphatic heterocycles. The fraction of sp³-hybridized carbons (Fsp3) is 0.167. The van der Waals surface area contributed by atoms with Gasteiger partial charge < -0.3 is 18.9 Å². The third-order valence-electron chi connectivity index (χ3n) is 4.45. The number of rotatable bonds is 9. The van der Waals surface area contributed by atoms with Gasteiger partial charge >= 0.3 is 0 Å². The van der Waals surface area contributed by atoms with Crippen LogP contribution in [0, 0.1) is 0 Å². The lowest BCUT2D eigenvalue weighted by molar-refractivity contribution is 0.0954. The maximum atomic E-state index is 12.4. The van der Waals surface area contributed by atoms with Gasteiger partial charge in [-0.1, -0.05) is 30.3 Å². The van der Waals surface area contributed by atoms with Crippen molar-refractivity contribution < 1.29 is 23.7 Å². The van der Waals surface area contributed by atoms with Crippen molar-refractivity contribution in [1.82, 2.24) is 5.43 Å². The van der Waals surface area contributed by atoms with E-state index in [1.54, 1.807) is 37.4 Å². The number of amides is 1. The molecular weight excluding hydrogens is 396 g/mol. The molecule has 0 spiro atoms. The molecule has 0 saturated carbocycles. The monoisotopic (exact) mass is 420 g/mol. The molecule has 0 aromatic heterocycles. The zero-order chi connectivity index (χ0) is 22.1. The predicted molar refractivity (Wildman–Crippen MR) is 118 cm³/mol. The van der Waals surface area contributed by atoms with E-state index in [0.29, 0.717) is 35.2 Å². The highest BCUT2D eigenvalue weighted by Gasteiger charge is 2.10. The van der Waals surface area contributed by atoms with Crippen molar-refractivity contribution >= 4 is 12.1 Å². The van der Waals surface area contributed by atoms with Crippen LogP contribution in [0.15, 0.2) is 71.8 Å². The van der Waals surface area contributed by atoms with E-state index < -0.39 is 0 Å². The summed E-state index contributed by atoms with van der Waals surface area (Å²) in [7, 11) is 4.63. The van der Waals surface area contributed by atoms with Crippen LogP contribution in [0.5, 0.6) is 23.0 Å². The van der Waals surface area contributed by atoms with E-state index in [0.717, 1.165) is 11.1 Å². The van der Waals surface area contributed by atoms with Gasteiger partial charge in [-0.15, -0.1) is 0 Å². The molecule has 7 nitrogen and oxygen atoms in total. The highest BCUT2D eigenvalue weighted by Crippen LogP contribution is 2.29. The van der Waals surface area contributed by atoms with Gasteiger partial charge in [-0.05, 0) is 47.5 Å². The number of nitrogens with one attached hydrogen (secondary N) is 1. The quantitative estimate of drug-likeness (QED) is 0.417. The molecule has 160 valence electrons. The van der Waals surface area contributed by atoms with Crippen molar-refractivity contribution in [3.05, 3.63) is 83.4 Å². The van der Waals surface area contributed by atoms with E-state index in [4.69, 9.17) is 18.9 Å². The standard InChI is InChI=1S/C24H24N2O5/c1-28-20-12-10-19(14-22(20)30-3)24(27)26-25-15-18-9-11-21(29-2)23(13-18)31-16-17-7-5-4-6-8-17/h4-15H,16H2,1-3H3,(H,26,27)/b25-15-. The van der Waals surface area contributed by atoms with Crippen LogP contribution < -0.4 is 24.4 Å². The van der Waals surface area contributed by atoms with Gasteiger partial charge in [0.25, 0.3) is 5.91 Å². The Balaban J connectivity index is 1.67. The molecule has 0 heterocycles. The van der Waals surface area contributed by atoms with Gasteiger partial charge in [0.15, 0.2) is 23.0 Å². The molecule has 0 bridgehead atoms. The summed E-state index contributed by atoms with van der Waals surface area (Å²) >= 11 is 0. The Bertz CT molecular complexity index is 1050. The zero-order valence-corrected chi connectivity index (χ0v) is 17.6. The topological polar surface area (TPSA) is 78.4 Å². The van der Waals surface area contributed by atoms with E-state index in [2.05, 4.69) is 10.5 Å². The molecule has 0 fully saturated rings. The first kappa shape index (κ1) is 21.7. The number of hydrogen-bond donors (Lipinski definition) is 1. The first-order valence-corrected chi connectivity index (χ1v) is 9.54. The molecule has 0 radical (unpaired) electrons. The number of hydrazone groups is 1. The van der Waals surface area contributed by atoms with E-state index >= 15 is 0 Å². The minimum Gasteiger partial charge on any atom is -0.493 e. The highest BCUT2D eigenvalue weighted by molar-refractivity contribution is 5.95. The molecule has 31 heavy (non-hydrogen) atoms. The maximum absolute atomic E-state index is 12.4. The van der Waals surface area contributed by atoms with Crippen molar-refractivity contribution in [3.8, 4) is 23.0 Å². The Kier molecular flexibility index (Phi) is 7.48. The average molecular weight is 420 g/mol. The summed E-state index contributed by atoms with van der Waals surface area (Å²) in [5, 5.41) is 4.04. The van der Waals surface area contributed by atoms with Crippen LogP contribution in [0.3, 0.4) is 0 Å². The van der Waals surface area contributed by atoms with Gasteiger partial charge in [0.2, 0.25) is 0 Å². The molecule has 3 aromatic rings. The summed E-state index contributed by atoms with van der Waals surface area (Å²) in [6, 6.07) is 20.1. The molecule has 0 aliphatic rings. The van der Waals surface area contributed by atoms with E-state index in [9.17, 15) is 4.79 Å². The first-order valence-electron chi connectivity index (χ1n) is 9.54. The molecule has 0 saturated heterocycles. The fourth-order valence-electron chi connectivity index (χ4n) is 2.83. The molecule has 1 amide bonds. The van der Waals surface area contributed by atoms with Crippen LogP contribution in [0.2, 0.25) is 0 Å². The third-order valence-corrected chi connectivity index (χ3v) is 4.45. The SMILES string of the molecule is COc1ccc(C(=O)N/N=C\c2ccc(OC)c(OCc3ccccc3)c2)cc1OC. The van der Waals surface area contributed by atoms with Gasteiger partial charge in [0.05, 0.1) is 27.5 Å². The highest BCUT2D eigenvalue weighted by atomic mass is 16.5. The summed E-state index contributed by atoms with van der Waals surface area (Å²) in [5.74, 6) is 1.84. The Labute approximate surface area is 181 Å². The molecule has 3 rings (SSSR count). The summed E-state index contributed by atoms with van der Waals surface area (Å²) in [6.45, 7) is 0.411. The van der Waals surface area contributed by atoms with E-state index in [-0.39, 0.29) is 5.91 Å². The number of nitrogens with zero attached hydrogens (tertiary/aromatic N) is 1. The third kappa shape index (κ3) is 5.76. The van der Waals surface area contributed by atoms with Crippen molar-refractivity contribution in [3.63, 3.8) is 0 Å². The van der Waals surface area contributed by atoms with E-state index in [1.807, 2.05) is 36.4 Å². The molecule has 3 aromatic carbocycles. The van der Waals surface area contributed by atoms with Crippen molar-refractivity contribution in [1.29, 1.82) is 0 Å². The predicted octanol–water partition coefficient (Wildman–Crippen LogP) is 4.06. The Morgan fingerprint density at radius 1 is 0.839 bits per heavy atom. The number of hydrogen-bond acceptors (Lipinski definition) is 6. The fourth-order valence-corrected chi connectivity index (χ4v) is 2.83. The van der Waals surface area contributed by atoms with Crippen molar-refractivity contribution in [2.75, 3.05) is 21.3 Å². The molecule has 7 heteroatoms. The second kappa shape index (κ2) is 10.7. The van der Waals surface area contributed by atoms with Crippen LogP contribution in [-0.2, 0) is 6.61 Å². The smallest absolute Gasteiger partial charge is 0.271 e. The van der Waals surface area contributed by atoms with Gasteiger partial charge in [-0.3, -0.25) is 4.79 Å². The van der Waals surface area contributed by atoms with Crippen LogP contribution in [0.25, 0.3) is 0 Å². The second-order valence-corrected chi connectivity index (χ2v) is 6.45.